The van der Waals surface area contributed by atoms with Crippen molar-refractivity contribution in [1.29, 1.82) is 0 Å². The van der Waals surface area contributed by atoms with Crippen LogP contribution in [0.15, 0.2) is 24.3 Å². The molecule has 0 amide bonds. The van der Waals surface area contributed by atoms with Gasteiger partial charge in [-0.1, -0.05) is 43.7 Å². The summed E-state index contributed by atoms with van der Waals surface area (Å²) >= 11 is 0. The van der Waals surface area contributed by atoms with Crippen molar-refractivity contribution in [2.75, 3.05) is 26.7 Å². The van der Waals surface area contributed by atoms with Gasteiger partial charge in [0.15, 0.2) is 0 Å². The van der Waals surface area contributed by atoms with E-state index in [1.165, 1.54) is 11.1 Å². The molecule has 0 fully saturated rings. The predicted molar refractivity (Wildman–Crippen MR) is 79.8 cm³/mol. The molecule has 0 heterocycles. The van der Waals surface area contributed by atoms with E-state index in [9.17, 15) is 0 Å². The first-order valence-corrected chi connectivity index (χ1v) is 6.87. The quantitative estimate of drug-likeness (QED) is 0.804. The summed E-state index contributed by atoms with van der Waals surface area (Å²) in [5.41, 5.74) is 8.74. The molecule has 0 atom stereocenters. The summed E-state index contributed by atoms with van der Waals surface area (Å²) in [5.74, 6) is 0. The van der Waals surface area contributed by atoms with Gasteiger partial charge >= 0.3 is 0 Å². The van der Waals surface area contributed by atoms with Gasteiger partial charge in [0, 0.05) is 13.1 Å². The Morgan fingerprint density at radius 3 is 2.61 bits per heavy atom. The zero-order chi connectivity index (χ0) is 13.6. The lowest BCUT2D eigenvalue weighted by molar-refractivity contribution is 0.202. The van der Waals surface area contributed by atoms with Crippen LogP contribution in [0.2, 0.25) is 0 Å². The highest BCUT2D eigenvalue weighted by atomic mass is 15.1. The SMILES string of the molecule is Cc1cccc(CCN(C)CC(C)(C)CCN)c1. The van der Waals surface area contributed by atoms with Crippen LogP contribution >= 0.6 is 0 Å². The van der Waals surface area contributed by atoms with E-state index < -0.39 is 0 Å². The average molecular weight is 248 g/mol. The second-order valence-corrected chi connectivity index (χ2v) is 6.18. The lowest BCUT2D eigenvalue weighted by Crippen LogP contribution is -2.34. The Bertz CT molecular complexity index is 358. The molecule has 0 radical (unpaired) electrons. The standard InChI is InChI=1S/C16H28N2/c1-14-6-5-7-15(12-14)8-11-18(4)13-16(2,3)9-10-17/h5-7,12H,8-11,13,17H2,1-4H3. The monoisotopic (exact) mass is 248 g/mol. The number of nitrogens with two attached hydrogens (primary N) is 1. The fraction of sp³-hybridized carbons (Fsp3) is 0.625. The number of benzene rings is 1. The molecule has 0 spiro atoms. The van der Waals surface area contributed by atoms with Crippen molar-refractivity contribution in [3.63, 3.8) is 0 Å². The molecule has 0 saturated carbocycles. The molecule has 0 aromatic heterocycles. The molecule has 0 saturated heterocycles. The molecule has 2 nitrogen and oxygen atoms in total. The van der Waals surface area contributed by atoms with Crippen molar-refractivity contribution in [3.05, 3.63) is 35.4 Å². The van der Waals surface area contributed by atoms with Crippen LogP contribution in [0.1, 0.15) is 31.4 Å². The summed E-state index contributed by atoms with van der Waals surface area (Å²) in [6.07, 6.45) is 2.21. The van der Waals surface area contributed by atoms with Gasteiger partial charge in [-0.05, 0) is 44.3 Å². The van der Waals surface area contributed by atoms with Gasteiger partial charge < -0.3 is 10.6 Å². The van der Waals surface area contributed by atoms with Gasteiger partial charge in [0.05, 0.1) is 0 Å². The second kappa shape index (κ2) is 6.91. The van der Waals surface area contributed by atoms with Gasteiger partial charge in [0.1, 0.15) is 0 Å². The first-order chi connectivity index (χ1) is 8.43. The minimum Gasteiger partial charge on any atom is -0.330 e. The van der Waals surface area contributed by atoms with Crippen LogP contribution in [-0.2, 0) is 6.42 Å². The maximum absolute atomic E-state index is 5.65. The molecular weight excluding hydrogens is 220 g/mol. The molecule has 0 aliphatic heterocycles. The maximum Gasteiger partial charge on any atom is 0.00302 e. The van der Waals surface area contributed by atoms with Crippen molar-refractivity contribution >= 4 is 0 Å². The van der Waals surface area contributed by atoms with E-state index in [1.54, 1.807) is 0 Å². The third kappa shape index (κ3) is 5.65. The lowest BCUT2D eigenvalue weighted by Gasteiger charge is -2.30. The normalized spacial score (nSPS) is 12.1. The number of hydrogen-bond donors (Lipinski definition) is 1. The van der Waals surface area contributed by atoms with Gasteiger partial charge in [-0.15, -0.1) is 0 Å². The molecule has 1 aromatic carbocycles. The first kappa shape index (κ1) is 15.2. The summed E-state index contributed by atoms with van der Waals surface area (Å²) in [6, 6.07) is 8.78. The number of rotatable bonds is 7. The number of hydrogen-bond acceptors (Lipinski definition) is 2. The lowest BCUT2D eigenvalue weighted by atomic mass is 9.89. The highest BCUT2D eigenvalue weighted by Crippen LogP contribution is 2.20. The molecule has 18 heavy (non-hydrogen) atoms. The minimum atomic E-state index is 0.316. The van der Waals surface area contributed by atoms with Gasteiger partial charge in [-0.3, -0.25) is 0 Å². The Hall–Kier alpha value is -0.860. The van der Waals surface area contributed by atoms with Crippen molar-refractivity contribution in [3.8, 4) is 0 Å². The summed E-state index contributed by atoms with van der Waals surface area (Å²) in [6.45, 7) is 9.73. The van der Waals surface area contributed by atoms with E-state index in [0.29, 0.717) is 5.41 Å². The number of aryl methyl sites for hydroxylation is 1. The topological polar surface area (TPSA) is 29.3 Å². The Balaban J connectivity index is 2.39. The molecule has 2 N–H and O–H groups in total. The van der Waals surface area contributed by atoms with Crippen molar-refractivity contribution in [1.82, 2.24) is 4.90 Å². The van der Waals surface area contributed by atoms with Crippen molar-refractivity contribution < 1.29 is 0 Å². The van der Waals surface area contributed by atoms with Gasteiger partial charge in [0.2, 0.25) is 0 Å². The van der Waals surface area contributed by atoms with Crippen LogP contribution in [0.25, 0.3) is 0 Å². The van der Waals surface area contributed by atoms with E-state index in [1.807, 2.05) is 0 Å². The highest BCUT2D eigenvalue weighted by molar-refractivity contribution is 5.22. The summed E-state index contributed by atoms with van der Waals surface area (Å²) in [4.78, 5) is 2.41. The van der Waals surface area contributed by atoms with E-state index >= 15 is 0 Å². The molecule has 102 valence electrons. The summed E-state index contributed by atoms with van der Waals surface area (Å²) < 4.78 is 0. The summed E-state index contributed by atoms with van der Waals surface area (Å²) in [7, 11) is 2.20. The molecule has 0 unspecified atom stereocenters. The van der Waals surface area contributed by atoms with Gasteiger partial charge in [-0.25, -0.2) is 0 Å². The minimum absolute atomic E-state index is 0.316. The highest BCUT2D eigenvalue weighted by Gasteiger charge is 2.18. The first-order valence-electron chi connectivity index (χ1n) is 6.87. The van der Waals surface area contributed by atoms with Gasteiger partial charge in [0.25, 0.3) is 0 Å². The van der Waals surface area contributed by atoms with Crippen LogP contribution in [0.5, 0.6) is 0 Å². The Labute approximate surface area is 112 Å². The third-order valence-electron chi connectivity index (χ3n) is 3.38. The predicted octanol–water partition coefficient (Wildman–Crippen LogP) is 2.84. The maximum atomic E-state index is 5.65. The smallest absolute Gasteiger partial charge is 0.00302 e. The van der Waals surface area contributed by atoms with Crippen molar-refractivity contribution in [2.24, 2.45) is 11.1 Å². The average Bonchev–Trinajstić information content (AvgIpc) is 2.25. The molecule has 0 aliphatic rings. The van der Waals surface area contributed by atoms with E-state index in [2.05, 4.69) is 57.0 Å². The zero-order valence-electron chi connectivity index (χ0n) is 12.4. The third-order valence-corrected chi connectivity index (χ3v) is 3.38. The number of likely N-dealkylation sites (N-methyl/N-ethyl adjacent to an activating group) is 1. The van der Waals surface area contributed by atoms with E-state index in [-0.39, 0.29) is 0 Å². The van der Waals surface area contributed by atoms with Crippen LogP contribution in [-0.4, -0.2) is 31.6 Å². The van der Waals surface area contributed by atoms with Crippen LogP contribution < -0.4 is 5.73 Å². The Morgan fingerprint density at radius 2 is 2.00 bits per heavy atom. The van der Waals surface area contributed by atoms with Crippen LogP contribution in [0, 0.1) is 12.3 Å². The molecule has 2 heteroatoms. The van der Waals surface area contributed by atoms with Crippen LogP contribution in [0.4, 0.5) is 0 Å². The Kier molecular flexibility index (Phi) is 5.83. The molecular formula is C16H28N2. The summed E-state index contributed by atoms with van der Waals surface area (Å²) in [5, 5.41) is 0. The fourth-order valence-corrected chi connectivity index (χ4v) is 2.47. The fourth-order valence-electron chi connectivity index (χ4n) is 2.47. The second-order valence-electron chi connectivity index (χ2n) is 6.18. The van der Waals surface area contributed by atoms with Gasteiger partial charge in [-0.2, -0.15) is 0 Å². The number of nitrogens with zero attached hydrogens (tertiary/aromatic N) is 1. The van der Waals surface area contributed by atoms with E-state index in [4.69, 9.17) is 5.73 Å². The molecule has 0 bridgehead atoms. The molecule has 0 aliphatic carbocycles. The van der Waals surface area contributed by atoms with Crippen molar-refractivity contribution in [2.45, 2.75) is 33.6 Å². The zero-order valence-corrected chi connectivity index (χ0v) is 12.4. The Morgan fingerprint density at radius 1 is 1.28 bits per heavy atom. The van der Waals surface area contributed by atoms with E-state index in [0.717, 1.165) is 32.5 Å². The molecule has 1 rings (SSSR count). The molecule has 1 aromatic rings. The van der Waals surface area contributed by atoms with Crippen LogP contribution in [0.3, 0.4) is 0 Å². The largest absolute Gasteiger partial charge is 0.330 e.